The zero-order chi connectivity index (χ0) is 32.2. The molecule has 244 valence electrons. The lowest BCUT2D eigenvalue weighted by Gasteiger charge is -2.50. The van der Waals surface area contributed by atoms with Crippen LogP contribution in [0.4, 0.5) is 4.79 Å². The Kier molecular flexibility index (Phi) is 10.9. The van der Waals surface area contributed by atoms with Crippen LogP contribution in [0.1, 0.15) is 53.9 Å². The Morgan fingerprint density at radius 2 is 1.95 bits per heavy atom. The maximum absolute atomic E-state index is 13.3. The smallest absolute Gasteiger partial charge is 0.410 e. The van der Waals surface area contributed by atoms with Crippen molar-refractivity contribution in [2.24, 2.45) is 5.11 Å². The van der Waals surface area contributed by atoms with E-state index in [1.54, 1.807) is 25.7 Å². The molecule has 7 atom stereocenters. The number of morpholine rings is 1. The molecule has 3 aliphatic heterocycles. The van der Waals surface area contributed by atoms with E-state index in [-0.39, 0.29) is 19.4 Å². The van der Waals surface area contributed by atoms with Gasteiger partial charge < -0.3 is 44.5 Å². The zero-order valence-electron chi connectivity index (χ0n) is 25.8. The van der Waals surface area contributed by atoms with Crippen LogP contribution in [0, 0.1) is 0 Å². The maximum atomic E-state index is 13.3. The standard InChI is InChI=1S/C27H46N6O10/c1-17(34)30-19-18(35)13-27(22(37)40-6,42-20(19)21(36)25(5,39)14-29-31-28)8-10-33-11-12-41-16-26(33)7-9-32(15-26)23(38)43-24(2,3)4/h18-21,35-36,39H,7-16H2,1-6H3,(H,30,34)/t18-,19+,20+,21-,25?,26-,27+/m0/s1. The molecule has 3 heterocycles. The first kappa shape index (κ1) is 34.8. The molecular formula is C27H46N6O10. The van der Waals surface area contributed by atoms with Gasteiger partial charge in [-0.25, -0.2) is 9.59 Å². The molecule has 0 bridgehead atoms. The Morgan fingerprint density at radius 3 is 2.56 bits per heavy atom. The number of esters is 1. The van der Waals surface area contributed by atoms with Gasteiger partial charge >= 0.3 is 12.1 Å². The van der Waals surface area contributed by atoms with Gasteiger partial charge in [-0.05, 0) is 39.6 Å². The first-order valence-electron chi connectivity index (χ1n) is 14.4. The predicted octanol–water partition coefficient (Wildman–Crippen LogP) is 0.0768. The summed E-state index contributed by atoms with van der Waals surface area (Å²) in [6.07, 6.45) is -4.72. The van der Waals surface area contributed by atoms with E-state index in [4.69, 9.17) is 24.5 Å². The van der Waals surface area contributed by atoms with Crippen molar-refractivity contribution in [3.63, 3.8) is 0 Å². The van der Waals surface area contributed by atoms with E-state index in [1.807, 2.05) is 0 Å². The molecule has 1 unspecified atom stereocenters. The van der Waals surface area contributed by atoms with Crippen molar-refractivity contribution in [3.8, 4) is 0 Å². The third-order valence-electron chi connectivity index (χ3n) is 8.32. The van der Waals surface area contributed by atoms with E-state index >= 15 is 0 Å². The summed E-state index contributed by atoms with van der Waals surface area (Å²) in [4.78, 5) is 44.5. The van der Waals surface area contributed by atoms with Gasteiger partial charge in [0.1, 0.15) is 17.8 Å². The van der Waals surface area contributed by atoms with Crippen molar-refractivity contribution in [2.75, 3.05) is 53.0 Å². The first-order valence-corrected chi connectivity index (χ1v) is 14.4. The Hall–Kier alpha value is -2.72. The Morgan fingerprint density at radius 1 is 1.26 bits per heavy atom. The van der Waals surface area contributed by atoms with Gasteiger partial charge in [0.05, 0.1) is 50.2 Å². The quantitative estimate of drug-likeness (QED) is 0.118. The number of carbonyl (C=O) groups excluding carboxylic acids is 3. The van der Waals surface area contributed by atoms with Crippen LogP contribution in [-0.4, -0.2) is 143 Å². The summed E-state index contributed by atoms with van der Waals surface area (Å²) < 4.78 is 22.7. The Labute approximate surface area is 251 Å². The third kappa shape index (κ3) is 8.06. The van der Waals surface area contributed by atoms with Crippen molar-refractivity contribution in [2.45, 2.75) is 101 Å². The average Bonchev–Trinajstić information content (AvgIpc) is 3.35. The lowest BCUT2D eigenvalue weighted by molar-refractivity contribution is -0.241. The number of ether oxygens (including phenoxy) is 4. The molecule has 1 spiro atoms. The molecule has 4 N–H and O–H groups in total. The summed E-state index contributed by atoms with van der Waals surface area (Å²) in [5.74, 6) is -1.33. The summed E-state index contributed by atoms with van der Waals surface area (Å²) in [5, 5.41) is 39.2. The van der Waals surface area contributed by atoms with Crippen molar-refractivity contribution in [1.29, 1.82) is 0 Å². The maximum Gasteiger partial charge on any atom is 0.410 e. The van der Waals surface area contributed by atoms with Gasteiger partial charge in [0, 0.05) is 50.9 Å². The molecule has 16 nitrogen and oxygen atoms in total. The highest BCUT2D eigenvalue weighted by molar-refractivity contribution is 5.80. The fourth-order valence-electron chi connectivity index (χ4n) is 6.09. The van der Waals surface area contributed by atoms with E-state index in [9.17, 15) is 29.7 Å². The van der Waals surface area contributed by atoms with Gasteiger partial charge in [-0.2, -0.15) is 0 Å². The number of aliphatic hydroxyl groups excluding tert-OH is 2. The lowest BCUT2D eigenvalue weighted by Crippen LogP contribution is -2.69. The molecule has 0 radical (unpaired) electrons. The van der Waals surface area contributed by atoms with E-state index in [0.717, 1.165) is 0 Å². The first-order chi connectivity index (χ1) is 20.0. The van der Waals surface area contributed by atoms with Crippen molar-refractivity contribution >= 4 is 18.0 Å². The molecular weight excluding hydrogens is 568 g/mol. The van der Waals surface area contributed by atoms with Crippen LogP contribution in [0.2, 0.25) is 0 Å². The second-order valence-corrected chi connectivity index (χ2v) is 12.9. The summed E-state index contributed by atoms with van der Waals surface area (Å²) in [5.41, 5.74) is 3.74. The molecule has 0 saturated carbocycles. The Balaban J connectivity index is 1.88. The van der Waals surface area contributed by atoms with Crippen LogP contribution in [0.15, 0.2) is 5.11 Å². The van der Waals surface area contributed by atoms with Crippen LogP contribution in [0.25, 0.3) is 10.4 Å². The van der Waals surface area contributed by atoms with Gasteiger partial charge in [0.25, 0.3) is 0 Å². The van der Waals surface area contributed by atoms with Gasteiger partial charge in [0.15, 0.2) is 5.60 Å². The number of nitrogens with zero attached hydrogens (tertiary/aromatic N) is 5. The molecule has 3 fully saturated rings. The summed E-state index contributed by atoms with van der Waals surface area (Å²) in [6, 6.07) is -1.20. The number of hydrogen-bond acceptors (Lipinski definition) is 12. The molecule has 0 aliphatic carbocycles. The van der Waals surface area contributed by atoms with Gasteiger partial charge in [0.2, 0.25) is 5.91 Å². The fourth-order valence-corrected chi connectivity index (χ4v) is 6.09. The molecule has 3 aliphatic rings. The normalized spacial score (nSPS) is 31.9. The van der Waals surface area contributed by atoms with Crippen molar-refractivity contribution in [1.82, 2.24) is 15.1 Å². The molecule has 3 saturated heterocycles. The zero-order valence-corrected chi connectivity index (χ0v) is 25.8. The van der Waals surface area contributed by atoms with Gasteiger partial charge in [-0.15, -0.1) is 0 Å². The van der Waals surface area contributed by atoms with Crippen LogP contribution in [0.3, 0.4) is 0 Å². The summed E-state index contributed by atoms with van der Waals surface area (Å²) in [7, 11) is 1.18. The summed E-state index contributed by atoms with van der Waals surface area (Å²) in [6.45, 7) is 9.67. The van der Waals surface area contributed by atoms with E-state index in [1.165, 1.54) is 21.0 Å². The molecule has 0 aromatic heterocycles. The third-order valence-corrected chi connectivity index (χ3v) is 8.32. The number of hydrogen-bond donors (Lipinski definition) is 4. The predicted molar refractivity (Wildman–Crippen MR) is 151 cm³/mol. The number of amides is 2. The second-order valence-electron chi connectivity index (χ2n) is 12.9. The molecule has 16 heteroatoms. The molecule has 0 aromatic carbocycles. The molecule has 43 heavy (non-hydrogen) atoms. The highest BCUT2D eigenvalue weighted by Gasteiger charge is 2.57. The fraction of sp³-hybridized carbons (Fsp3) is 0.889. The number of carbonyl (C=O) groups is 3. The highest BCUT2D eigenvalue weighted by atomic mass is 16.6. The van der Waals surface area contributed by atoms with Gasteiger partial charge in [-0.1, -0.05) is 5.11 Å². The minimum absolute atomic E-state index is 0.0133. The average molecular weight is 615 g/mol. The Bertz CT molecular complexity index is 1080. The lowest BCUT2D eigenvalue weighted by atomic mass is 9.79. The molecule has 3 rings (SSSR count). The van der Waals surface area contributed by atoms with E-state index in [0.29, 0.717) is 39.3 Å². The van der Waals surface area contributed by atoms with Crippen molar-refractivity contribution in [3.05, 3.63) is 10.4 Å². The number of likely N-dealkylation sites (tertiary alicyclic amines) is 1. The van der Waals surface area contributed by atoms with Crippen LogP contribution >= 0.6 is 0 Å². The minimum atomic E-state index is -2.03. The highest BCUT2D eigenvalue weighted by Crippen LogP contribution is 2.39. The van der Waals surface area contributed by atoms with E-state index in [2.05, 4.69) is 20.2 Å². The second kappa shape index (κ2) is 13.5. The number of rotatable bonds is 9. The van der Waals surface area contributed by atoms with Crippen LogP contribution in [-0.2, 0) is 28.5 Å². The molecule has 2 amide bonds. The number of azide groups is 1. The number of methoxy groups -OCH3 is 1. The van der Waals surface area contributed by atoms with Crippen molar-refractivity contribution < 1.29 is 48.7 Å². The minimum Gasteiger partial charge on any atom is -0.467 e. The summed E-state index contributed by atoms with van der Waals surface area (Å²) >= 11 is 0. The van der Waals surface area contributed by atoms with Crippen LogP contribution < -0.4 is 5.32 Å². The molecule has 0 aromatic rings. The number of nitrogens with one attached hydrogen (secondary N) is 1. The monoisotopic (exact) mass is 614 g/mol. The topological polar surface area (TPSA) is 216 Å². The van der Waals surface area contributed by atoms with E-state index < -0.39 is 71.2 Å². The van der Waals surface area contributed by atoms with Gasteiger partial charge in [-0.3, -0.25) is 9.69 Å². The number of aliphatic hydroxyl groups is 3. The van der Waals surface area contributed by atoms with Crippen LogP contribution in [0.5, 0.6) is 0 Å². The SMILES string of the molecule is COC(=O)[C@@]1(CCN2CCOC[C@@]23CCN(C(=O)OC(C)(C)C)C3)C[C@H](O)[C@@H](NC(C)=O)[C@H]([C@H](O)C(C)(O)CN=[N+]=[N-])O1. The largest absolute Gasteiger partial charge is 0.467 e.